The predicted molar refractivity (Wildman–Crippen MR) is 28.6 cm³/mol. The summed E-state index contributed by atoms with van der Waals surface area (Å²) >= 11 is 0. The quantitative estimate of drug-likeness (QED) is 0.581. The Morgan fingerprint density at radius 2 is 2.14 bits per heavy atom. The molecule has 7 radical (unpaired) electrons. The van der Waals surface area contributed by atoms with Gasteiger partial charge in [0.05, 0.1) is 0 Å². The SMILES string of the molecule is O=C(O)CC[Si].[Ge]. The average Bonchev–Trinajstić information content (AvgIpc) is 1.35. The molecule has 2 nitrogen and oxygen atoms in total. The van der Waals surface area contributed by atoms with Gasteiger partial charge in [0.1, 0.15) is 0 Å². The molecule has 0 bridgehead atoms. The molecule has 37 valence electrons. The zero-order valence-electron chi connectivity index (χ0n) is 3.77. The maximum atomic E-state index is 9.57. The van der Waals surface area contributed by atoms with Gasteiger partial charge in [0, 0.05) is 34.3 Å². The third-order valence-electron chi connectivity index (χ3n) is 0.339. The van der Waals surface area contributed by atoms with E-state index in [1.54, 1.807) is 0 Å². The van der Waals surface area contributed by atoms with Crippen LogP contribution in [0.25, 0.3) is 0 Å². The standard InChI is InChI=1S/C3H5O2Si.Ge/c4-3(5)1-2-6;/h1-2H2,(H,4,5);. The Labute approximate surface area is 56.7 Å². The Bertz CT molecular complexity index is 56.9. The van der Waals surface area contributed by atoms with E-state index in [2.05, 4.69) is 10.2 Å². The summed E-state index contributed by atoms with van der Waals surface area (Å²) in [5.41, 5.74) is 0. The fourth-order valence-corrected chi connectivity index (χ4v) is 0.321. The number of rotatable bonds is 2. The zero-order chi connectivity index (χ0) is 4.99. The molecule has 0 fully saturated rings. The molecule has 0 aliphatic heterocycles. The van der Waals surface area contributed by atoms with E-state index in [1.807, 2.05) is 0 Å². The Balaban J connectivity index is 0. The number of hydrogen-bond donors (Lipinski definition) is 1. The van der Waals surface area contributed by atoms with Gasteiger partial charge in [-0.25, -0.2) is 0 Å². The Morgan fingerprint density at radius 1 is 1.71 bits per heavy atom. The molecule has 0 atom stereocenters. The molecular weight excluding hydrogens is 169 g/mol. The predicted octanol–water partition coefficient (Wildman–Crippen LogP) is -0.333. The van der Waals surface area contributed by atoms with Gasteiger partial charge < -0.3 is 5.11 Å². The zero-order valence-corrected chi connectivity index (χ0v) is 6.87. The van der Waals surface area contributed by atoms with Crippen molar-refractivity contribution in [2.45, 2.75) is 12.5 Å². The Morgan fingerprint density at radius 3 is 2.14 bits per heavy atom. The van der Waals surface area contributed by atoms with Gasteiger partial charge in [-0.15, -0.1) is 0 Å². The third kappa shape index (κ3) is 10.7. The fraction of sp³-hybridized carbons (Fsp3) is 0.667. The van der Waals surface area contributed by atoms with E-state index in [0.29, 0.717) is 6.04 Å². The first-order chi connectivity index (χ1) is 2.77. The van der Waals surface area contributed by atoms with Gasteiger partial charge >= 0.3 is 5.97 Å². The molecule has 0 amide bonds. The minimum atomic E-state index is -0.759. The van der Waals surface area contributed by atoms with E-state index in [9.17, 15) is 4.79 Å². The molecule has 4 heteroatoms. The molecule has 1 N–H and O–H groups in total. The molecule has 0 rings (SSSR count). The average molecular weight is 174 g/mol. The summed E-state index contributed by atoms with van der Waals surface area (Å²) in [7, 11) is 3.01. The van der Waals surface area contributed by atoms with Crippen LogP contribution in [-0.4, -0.2) is 38.9 Å². The normalized spacial score (nSPS) is 7.00. The summed E-state index contributed by atoms with van der Waals surface area (Å²) in [6, 6.07) is 0.537. The summed E-state index contributed by atoms with van der Waals surface area (Å²) < 4.78 is 0. The second kappa shape index (κ2) is 6.23. The summed E-state index contributed by atoms with van der Waals surface area (Å²) in [5, 5.41) is 7.88. The van der Waals surface area contributed by atoms with E-state index in [-0.39, 0.29) is 24.0 Å². The number of carboxylic acids is 1. The van der Waals surface area contributed by atoms with Crippen molar-refractivity contribution in [1.82, 2.24) is 0 Å². The second-order valence-electron chi connectivity index (χ2n) is 0.894. The van der Waals surface area contributed by atoms with Crippen molar-refractivity contribution in [1.29, 1.82) is 0 Å². The van der Waals surface area contributed by atoms with Gasteiger partial charge in [-0.05, 0) is 0 Å². The van der Waals surface area contributed by atoms with E-state index < -0.39 is 5.97 Å². The number of carboxylic acid groups (broad SMARTS) is 1. The van der Waals surface area contributed by atoms with Crippen LogP contribution < -0.4 is 0 Å². The van der Waals surface area contributed by atoms with Crippen molar-refractivity contribution in [2.75, 3.05) is 0 Å². The molecular formula is C3H5GeO2Si. The van der Waals surface area contributed by atoms with Crippen LogP contribution in [-0.2, 0) is 4.79 Å². The van der Waals surface area contributed by atoms with E-state index >= 15 is 0 Å². The van der Waals surface area contributed by atoms with Crippen molar-refractivity contribution >= 4 is 33.8 Å². The Hall–Kier alpha value is 0.230. The van der Waals surface area contributed by atoms with Gasteiger partial charge in [0.2, 0.25) is 0 Å². The molecule has 0 aromatic rings. The van der Waals surface area contributed by atoms with Crippen LogP contribution in [0.5, 0.6) is 0 Å². The number of hydrogen-bond acceptors (Lipinski definition) is 1. The first kappa shape index (κ1) is 10.3. The van der Waals surface area contributed by atoms with Crippen LogP contribution in [0.2, 0.25) is 6.04 Å². The van der Waals surface area contributed by atoms with Crippen LogP contribution in [0.3, 0.4) is 0 Å². The number of aliphatic carboxylic acids is 1. The summed E-state index contributed by atoms with van der Waals surface area (Å²) in [6.07, 6.45) is 0.205. The molecule has 0 spiro atoms. The summed E-state index contributed by atoms with van der Waals surface area (Å²) in [4.78, 5) is 9.57. The smallest absolute Gasteiger partial charge is 0.303 e. The molecule has 0 aromatic carbocycles. The molecule has 0 saturated heterocycles. The van der Waals surface area contributed by atoms with Crippen molar-refractivity contribution in [2.24, 2.45) is 0 Å². The van der Waals surface area contributed by atoms with Crippen molar-refractivity contribution in [3.05, 3.63) is 0 Å². The Kier molecular flexibility index (Phi) is 9.13. The maximum Gasteiger partial charge on any atom is 0.303 e. The fourth-order valence-electron chi connectivity index (χ4n) is 0.107. The van der Waals surface area contributed by atoms with E-state index in [1.165, 1.54) is 0 Å². The maximum absolute atomic E-state index is 9.57. The minimum Gasteiger partial charge on any atom is -0.481 e. The molecule has 0 aliphatic rings. The van der Waals surface area contributed by atoms with Gasteiger partial charge in [-0.1, -0.05) is 6.04 Å². The van der Waals surface area contributed by atoms with Crippen LogP contribution >= 0.6 is 0 Å². The molecule has 0 heterocycles. The van der Waals surface area contributed by atoms with Gasteiger partial charge in [-0.3, -0.25) is 4.79 Å². The van der Waals surface area contributed by atoms with Crippen LogP contribution in [0, 0.1) is 0 Å². The van der Waals surface area contributed by atoms with Gasteiger partial charge in [-0.2, -0.15) is 0 Å². The molecule has 0 saturated carbocycles. The van der Waals surface area contributed by atoms with Crippen molar-refractivity contribution < 1.29 is 9.90 Å². The summed E-state index contributed by atoms with van der Waals surface area (Å²) in [5.74, 6) is -0.759. The molecule has 0 unspecified atom stereocenters. The van der Waals surface area contributed by atoms with Crippen LogP contribution in [0.1, 0.15) is 6.42 Å². The first-order valence-electron chi connectivity index (χ1n) is 1.63. The second-order valence-corrected chi connectivity index (χ2v) is 1.39. The van der Waals surface area contributed by atoms with E-state index in [4.69, 9.17) is 5.11 Å². The minimum absolute atomic E-state index is 0. The van der Waals surface area contributed by atoms with Gasteiger partial charge in [0.25, 0.3) is 0 Å². The van der Waals surface area contributed by atoms with Gasteiger partial charge in [0.15, 0.2) is 0 Å². The first-order valence-corrected chi connectivity index (χ1v) is 2.34. The van der Waals surface area contributed by atoms with E-state index in [0.717, 1.165) is 0 Å². The molecule has 7 heavy (non-hydrogen) atoms. The molecule has 0 aromatic heterocycles. The van der Waals surface area contributed by atoms with Crippen LogP contribution in [0.4, 0.5) is 0 Å². The van der Waals surface area contributed by atoms with Crippen molar-refractivity contribution in [3.63, 3.8) is 0 Å². The number of carbonyl (C=O) groups is 1. The largest absolute Gasteiger partial charge is 0.481 e. The molecule has 0 aliphatic carbocycles. The monoisotopic (exact) mass is 175 g/mol. The topological polar surface area (TPSA) is 37.3 Å². The third-order valence-corrected chi connectivity index (χ3v) is 0.589. The van der Waals surface area contributed by atoms with Crippen LogP contribution in [0.15, 0.2) is 0 Å². The summed E-state index contributed by atoms with van der Waals surface area (Å²) in [6.45, 7) is 0. The van der Waals surface area contributed by atoms with Crippen molar-refractivity contribution in [3.8, 4) is 0 Å².